The summed E-state index contributed by atoms with van der Waals surface area (Å²) in [5, 5.41) is 12.9. The first-order valence-corrected chi connectivity index (χ1v) is 10.5. The van der Waals surface area contributed by atoms with Gasteiger partial charge in [-0.2, -0.15) is 13.2 Å². The fourth-order valence-electron chi connectivity index (χ4n) is 4.03. The zero-order valence-electron chi connectivity index (χ0n) is 18.5. The van der Waals surface area contributed by atoms with E-state index in [9.17, 15) is 13.2 Å². The third kappa shape index (κ3) is 4.62. The molecule has 0 saturated carbocycles. The topological polar surface area (TPSA) is 92.2 Å². The largest absolute Gasteiger partial charge is 0.497 e. The second-order valence-corrected chi connectivity index (χ2v) is 7.83. The van der Waals surface area contributed by atoms with Crippen LogP contribution in [0, 0.1) is 0 Å². The average molecular weight is 472 g/mol. The van der Waals surface area contributed by atoms with E-state index in [1.807, 2.05) is 12.3 Å². The average Bonchev–Trinajstić information content (AvgIpc) is 3.40. The van der Waals surface area contributed by atoms with Crippen molar-refractivity contribution < 1.29 is 27.8 Å². The number of alkyl halides is 3. The smallest absolute Gasteiger partial charge is 0.490 e. The number of halogens is 3. The van der Waals surface area contributed by atoms with Crippen LogP contribution in [0.15, 0.2) is 48.8 Å². The summed E-state index contributed by atoms with van der Waals surface area (Å²) < 4.78 is 39.3. The van der Waals surface area contributed by atoms with Crippen LogP contribution in [-0.2, 0) is 11.8 Å². The molecule has 34 heavy (non-hydrogen) atoms. The first-order chi connectivity index (χ1) is 16.2. The fourth-order valence-corrected chi connectivity index (χ4v) is 4.03. The summed E-state index contributed by atoms with van der Waals surface area (Å²) in [6, 6.07) is 10.6. The summed E-state index contributed by atoms with van der Waals surface area (Å²) in [4.78, 5) is 17.0. The maximum absolute atomic E-state index is 10.6. The van der Waals surface area contributed by atoms with E-state index >= 15 is 0 Å². The molecule has 0 atom stereocenters. The Morgan fingerprint density at radius 3 is 2.59 bits per heavy atom. The van der Waals surface area contributed by atoms with Crippen molar-refractivity contribution in [3.05, 3.63) is 54.4 Å². The summed E-state index contributed by atoms with van der Waals surface area (Å²) in [5.41, 5.74) is 7.03. The summed E-state index contributed by atoms with van der Waals surface area (Å²) >= 11 is 0. The predicted molar refractivity (Wildman–Crippen MR) is 124 cm³/mol. The Kier molecular flexibility index (Phi) is 6.34. The van der Waals surface area contributed by atoms with Crippen LogP contribution in [0.5, 0.6) is 5.75 Å². The molecule has 0 amide bonds. The van der Waals surface area contributed by atoms with E-state index in [1.54, 1.807) is 7.11 Å². The second kappa shape index (κ2) is 9.22. The summed E-state index contributed by atoms with van der Waals surface area (Å²) in [5.74, 6) is -1.89. The van der Waals surface area contributed by atoms with Gasteiger partial charge in [-0.15, -0.1) is 0 Å². The van der Waals surface area contributed by atoms with Crippen LogP contribution >= 0.6 is 0 Å². The molecule has 0 saturated heterocycles. The summed E-state index contributed by atoms with van der Waals surface area (Å²) in [6.07, 6.45) is 2.31. The number of aromatic nitrogens is 3. The zero-order chi connectivity index (χ0) is 24.5. The van der Waals surface area contributed by atoms with Crippen LogP contribution in [0.2, 0.25) is 0 Å². The van der Waals surface area contributed by atoms with Gasteiger partial charge in [0.25, 0.3) is 0 Å². The van der Waals surface area contributed by atoms with E-state index in [2.05, 4.69) is 63.4 Å². The molecule has 5 rings (SSSR count). The highest BCUT2D eigenvalue weighted by Gasteiger charge is 2.38. The third-order valence-corrected chi connectivity index (χ3v) is 5.67. The lowest BCUT2D eigenvalue weighted by molar-refractivity contribution is -0.192. The van der Waals surface area contributed by atoms with Crippen LogP contribution in [-0.4, -0.2) is 52.0 Å². The van der Waals surface area contributed by atoms with Gasteiger partial charge in [-0.3, -0.25) is 0 Å². The number of hydrogen-bond acceptors (Lipinski definition) is 4. The molecule has 1 aromatic carbocycles. The summed E-state index contributed by atoms with van der Waals surface area (Å²) in [6.45, 7) is 1.95. The number of aromatic amines is 1. The third-order valence-electron chi connectivity index (χ3n) is 5.67. The van der Waals surface area contributed by atoms with Crippen LogP contribution in [0.25, 0.3) is 38.8 Å². The Labute approximate surface area is 192 Å². The molecule has 1 aliphatic rings. The SMILES string of the molecule is COc1ccc2c(c1)c(-c1cc3c(C4=CCNCC4)ccnc3[nH]1)cn2C.O=C(O)C(F)(F)F. The minimum atomic E-state index is -5.08. The lowest BCUT2D eigenvalue weighted by atomic mass is 9.98. The number of ether oxygens (including phenoxy) is 1. The number of aliphatic carboxylic acids is 1. The van der Waals surface area contributed by atoms with E-state index in [4.69, 9.17) is 14.6 Å². The van der Waals surface area contributed by atoms with Gasteiger partial charge in [0.15, 0.2) is 0 Å². The first-order valence-electron chi connectivity index (χ1n) is 10.5. The van der Waals surface area contributed by atoms with Crippen molar-refractivity contribution in [1.82, 2.24) is 19.9 Å². The number of nitrogens with one attached hydrogen (secondary N) is 2. The van der Waals surface area contributed by atoms with E-state index in [0.29, 0.717) is 0 Å². The van der Waals surface area contributed by atoms with E-state index in [-0.39, 0.29) is 0 Å². The molecule has 0 fully saturated rings. The zero-order valence-corrected chi connectivity index (χ0v) is 18.5. The van der Waals surface area contributed by atoms with Gasteiger partial charge < -0.3 is 24.7 Å². The quantitative estimate of drug-likeness (QED) is 0.401. The number of carbonyl (C=O) groups is 1. The molecule has 0 bridgehead atoms. The molecular weight excluding hydrogens is 449 g/mol. The van der Waals surface area contributed by atoms with Gasteiger partial charge in [0.1, 0.15) is 11.4 Å². The molecular formula is C24H23F3N4O3. The molecule has 3 N–H and O–H groups in total. The number of H-pyrrole nitrogens is 1. The molecule has 0 unspecified atom stereocenters. The van der Waals surface area contributed by atoms with Gasteiger partial charge in [0, 0.05) is 53.5 Å². The molecule has 0 spiro atoms. The van der Waals surface area contributed by atoms with Gasteiger partial charge >= 0.3 is 12.1 Å². The van der Waals surface area contributed by atoms with Crippen molar-refractivity contribution in [3.63, 3.8) is 0 Å². The predicted octanol–water partition coefficient (Wildman–Crippen LogP) is 4.74. The van der Waals surface area contributed by atoms with Crippen molar-refractivity contribution in [2.75, 3.05) is 20.2 Å². The van der Waals surface area contributed by atoms with Crippen LogP contribution < -0.4 is 10.1 Å². The highest BCUT2D eigenvalue weighted by molar-refractivity contribution is 6.00. The maximum Gasteiger partial charge on any atom is 0.490 e. The lowest BCUT2D eigenvalue weighted by Crippen LogP contribution is -2.21. The number of pyridine rings is 1. The Morgan fingerprint density at radius 2 is 1.94 bits per heavy atom. The fraction of sp³-hybridized carbons (Fsp3) is 0.250. The number of carboxylic acids is 1. The van der Waals surface area contributed by atoms with Gasteiger partial charge in [-0.25, -0.2) is 9.78 Å². The molecule has 7 nitrogen and oxygen atoms in total. The van der Waals surface area contributed by atoms with Crippen LogP contribution in [0.1, 0.15) is 12.0 Å². The number of rotatable bonds is 3. The normalized spacial score (nSPS) is 14.0. The second-order valence-electron chi connectivity index (χ2n) is 7.83. The number of carboxylic acid groups (broad SMARTS) is 1. The van der Waals surface area contributed by atoms with E-state index in [0.717, 1.165) is 42.2 Å². The standard InChI is InChI=1S/C22H22N4O.C2HF3O2/c1-26-13-19(17-11-15(27-2)3-4-21(17)26)20-12-18-16(7-10-24-22(18)25-20)14-5-8-23-9-6-14;3-2(4,5)1(6)7/h3-5,7,10-13,23H,6,8-9H2,1-2H3,(H,24,25);(H,6,7). The van der Waals surface area contributed by atoms with E-state index in [1.165, 1.54) is 27.4 Å². The Morgan fingerprint density at radius 1 is 1.18 bits per heavy atom. The Bertz CT molecular complexity index is 1390. The Hall–Kier alpha value is -3.79. The highest BCUT2D eigenvalue weighted by atomic mass is 19.4. The highest BCUT2D eigenvalue weighted by Crippen LogP contribution is 2.35. The number of nitrogens with zero attached hydrogens (tertiary/aromatic N) is 2. The monoisotopic (exact) mass is 472 g/mol. The molecule has 178 valence electrons. The van der Waals surface area contributed by atoms with Crippen molar-refractivity contribution in [3.8, 4) is 17.0 Å². The first kappa shape index (κ1) is 23.4. The molecule has 10 heteroatoms. The van der Waals surface area contributed by atoms with Crippen molar-refractivity contribution in [2.24, 2.45) is 7.05 Å². The summed E-state index contributed by atoms with van der Waals surface area (Å²) in [7, 11) is 3.78. The van der Waals surface area contributed by atoms with Crippen molar-refractivity contribution in [2.45, 2.75) is 12.6 Å². The minimum absolute atomic E-state index is 0.865. The number of hydrogen-bond donors (Lipinski definition) is 3. The molecule has 1 aliphatic heterocycles. The minimum Gasteiger partial charge on any atom is -0.497 e. The number of fused-ring (bicyclic) bond motifs is 2. The molecule has 4 heterocycles. The molecule has 0 radical (unpaired) electrons. The molecule has 4 aromatic rings. The molecule has 3 aromatic heterocycles. The van der Waals surface area contributed by atoms with Crippen molar-refractivity contribution in [1.29, 1.82) is 0 Å². The number of methoxy groups -OCH3 is 1. The van der Waals surface area contributed by atoms with Gasteiger partial charge in [0.2, 0.25) is 0 Å². The number of aryl methyl sites for hydroxylation is 1. The van der Waals surface area contributed by atoms with Crippen LogP contribution in [0.3, 0.4) is 0 Å². The number of benzene rings is 1. The Balaban J connectivity index is 0.000000344. The maximum atomic E-state index is 10.6. The van der Waals surface area contributed by atoms with Crippen molar-refractivity contribution >= 4 is 33.5 Å². The van der Waals surface area contributed by atoms with Crippen LogP contribution in [0.4, 0.5) is 13.2 Å². The van der Waals surface area contributed by atoms with E-state index < -0.39 is 12.1 Å². The molecule has 0 aliphatic carbocycles. The van der Waals surface area contributed by atoms with Gasteiger partial charge in [-0.1, -0.05) is 6.08 Å². The van der Waals surface area contributed by atoms with Gasteiger partial charge in [0.05, 0.1) is 7.11 Å². The van der Waals surface area contributed by atoms with Gasteiger partial charge in [-0.05, 0) is 54.4 Å². The lowest BCUT2D eigenvalue weighted by Gasteiger charge is -2.14.